The molecule has 6 heterocycles. The quantitative estimate of drug-likeness (QED) is 0.0778. The van der Waals surface area contributed by atoms with Crippen molar-refractivity contribution in [2.45, 2.75) is 51.7 Å². The minimum Gasteiger partial charge on any atom is -0.454 e. The maximum Gasteiger partial charge on any atom is 3.00 e. The molecule has 0 bridgehead atoms. The summed E-state index contributed by atoms with van der Waals surface area (Å²) in [5.41, 5.74) is 10.4. The minimum atomic E-state index is -2.81. The zero-order valence-corrected chi connectivity index (χ0v) is 39.1. The molecule has 0 amide bonds. The summed E-state index contributed by atoms with van der Waals surface area (Å²) in [5, 5.41) is 2.78. The summed E-state index contributed by atoms with van der Waals surface area (Å²) in [6.45, 7) is 6.61. The normalized spacial score (nSPS) is 14.6. The van der Waals surface area contributed by atoms with Gasteiger partial charge < -0.3 is 23.8 Å². The number of benzene rings is 6. The first-order chi connectivity index (χ1) is 35.4. The van der Waals surface area contributed by atoms with Gasteiger partial charge in [0.15, 0.2) is 5.58 Å². The Balaban J connectivity index is 0.00000602. The van der Waals surface area contributed by atoms with Gasteiger partial charge >= 0.3 is 20.1 Å². The molecule has 0 unspecified atom stereocenters. The van der Waals surface area contributed by atoms with Crippen molar-refractivity contribution in [3.8, 4) is 44.8 Å². The van der Waals surface area contributed by atoms with Gasteiger partial charge in [0.2, 0.25) is 0 Å². The zero-order chi connectivity index (χ0) is 51.5. The fraction of sp³-hybridized carbons (Fsp3) is 0.131. The first-order valence-corrected chi connectivity index (χ1v) is 21.9. The van der Waals surface area contributed by atoms with E-state index in [-0.39, 0.29) is 47.8 Å². The average molecular weight is 1050 g/mol. The van der Waals surface area contributed by atoms with Crippen LogP contribution in [0.25, 0.3) is 94.2 Å². The summed E-state index contributed by atoms with van der Waals surface area (Å²) in [6.07, 6.45) is -5.97. The summed E-state index contributed by atoms with van der Waals surface area (Å²) in [5.74, 6) is 0. The molecule has 0 aliphatic carbocycles. The Kier molecular flexibility index (Phi) is 8.76. The Hall–Kier alpha value is -7.24. The maximum absolute atomic E-state index is 9.71. The number of hydrogen-bond acceptors (Lipinski definition) is 4. The van der Waals surface area contributed by atoms with Gasteiger partial charge in [-0.25, -0.2) is 0 Å². The monoisotopic (exact) mass is 1050 g/mol. The van der Waals surface area contributed by atoms with Gasteiger partial charge in [0.05, 0.1) is 11.0 Å². The van der Waals surface area contributed by atoms with Crippen LogP contribution in [0, 0.1) is 18.2 Å². The third-order valence-electron chi connectivity index (χ3n) is 12.2. The van der Waals surface area contributed by atoms with Gasteiger partial charge in [-0.3, -0.25) is 0 Å². The van der Waals surface area contributed by atoms with Crippen LogP contribution in [0.15, 0.2) is 175 Å². The molecule has 0 fully saturated rings. The molecule has 12 rings (SSSR count). The average Bonchev–Trinajstić information content (AvgIpc) is 3.79. The molecule has 0 saturated heterocycles. The van der Waals surface area contributed by atoms with Crippen LogP contribution in [-0.2, 0) is 51.0 Å². The van der Waals surface area contributed by atoms with Crippen molar-refractivity contribution in [1.82, 2.24) is 19.4 Å². The first kappa shape index (κ1) is 34.1. The summed E-state index contributed by atoms with van der Waals surface area (Å²) in [6, 6.07) is 53.8. The van der Waals surface area contributed by atoms with Gasteiger partial charge in [-0.2, -0.15) is 0 Å². The zero-order valence-electron chi connectivity index (χ0n) is 44.7. The van der Waals surface area contributed by atoms with Gasteiger partial charge in [-0.15, -0.1) is 94.4 Å². The number of para-hydroxylation sites is 1. The molecule has 5 nitrogen and oxygen atoms in total. The number of rotatable bonds is 10. The molecule has 67 heavy (non-hydrogen) atoms. The van der Waals surface area contributed by atoms with E-state index >= 15 is 0 Å². The van der Waals surface area contributed by atoms with Gasteiger partial charge in [-0.05, 0) is 81.6 Å². The van der Waals surface area contributed by atoms with E-state index in [1.54, 1.807) is 55.0 Å². The van der Waals surface area contributed by atoms with E-state index in [0.29, 0.717) is 44.8 Å². The van der Waals surface area contributed by atoms with Gasteiger partial charge in [0.25, 0.3) is 0 Å². The molecule has 0 saturated carbocycles. The van der Waals surface area contributed by atoms with Crippen molar-refractivity contribution < 1.29 is 35.5 Å². The SMILES string of the molecule is [2H]C([2H])(c1c[c-]c(-c2ccccn2)cc1)C([2H])([2H])c1cc(-c2ccccc2-c2c[c-]c3c(c2)c2c(C(C)(C)C)c4cccc5oc6ccnc3c6n2c54)cc(C([2H])([2H])C([2H])([2H])c2c[c-]c(-c3ccccn3)cc2)c1.[Ir+3]. The van der Waals surface area contributed by atoms with E-state index in [2.05, 4.69) is 65.5 Å². The van der Waals surface area contributed by atoms with Crippen LogP contribution >= 0.6 is 0 Å². The minimum absolute atomic E-state index is 0. The predicted octanol–water partition coefficient (Wildman–Crippen LogP) is 14.7. The molecule has 0 spiro atoms. The number of aryl methyl sites for hydroxylation is 4. The van der Waals surface area contributed by atoms with Crippen molar-refractivity contribution >= 4 is 49.4 Å². The third-order valence-corrected chi connectivity index (χ3v) is 12.2. The van der Waals surface area contributed by atoms with Crippen molar-refractivity contribution in [3.05, 3.63) is 216 Å². The topological polar surface area (TPSA) is 56.2 Å². The summed E-state index contributed by atoms with van der Waals surface area (Å²) >= 11 is 0. The van der Waals surface area contributed by atoms with Crippen molar-refractivity contribution in [2.24, 2.45) is 0 Å². The van der Waals surface area contributed by atoms with E-state index in [1.807, 2.05) is 72.8 Å². The summed E-state index contributed by atoms with van der Waals surface area (Å²) < 4.78 is 85.6. The molecule has 6 aromatic heterocycles. The van der Waals surface area contributed by atoms with Crippen molar-refractivity contribution in [1.29, 1.82) is 0 Å². The van der Waals surface area contributed by atoms with E-state index in [9.17, 15) is 11.0 Å². The van der Waals surface area contributed by atoms with Gasteiger partial charge in [0.1, 0.15) is 5.58 Å². The van der Waals surface area contributed by atoms with Crippen molar-refractivity contribution in [3.63, 3.8) is 0 Å². The molecule has 0 aliphatic rings. The summed E-state index contributed by atoms with van der Waals surface area (Å²) in [4.78, 5) is 13.7. The Bertz CT molecular complexity index is 3990. The number of fused-ring (bicyclic) bond motifs is 3. The molecular formula is C61H45IrN4O. The number of hydrogen-bond donors (Lipinski definition) is 0. The standard InChI is InChI=1S/C61H45N4O.Ir/c1-61(2,3)56-50-13-10-16-54-58(50)65-59(56)51-38-45(29-30-49(51)57-60(65)55(66-54)31-34-64-57)47-11-4-5-12-48(47)46-36-41(19-17-39-21-25-43(26-22-39)52-14-6-8-32-62-52)35-42(37-46)20-18-40-23-27-44(28-24-40)53-15-7-9-33-63-53;/h4-16,21-25,27,29,31-38H,17-20H2,1-3H3;/q-3;+3/i17D2,18D2,19D2,20D2;. The van der Waals surface area contributed by atoms with Crippen LogP contribution in [0.2, 0.25) is 0 Å². The molecule has 0 N–H and O–H groups in total. The fourth-order valence-corrected chi connectivity index (χ4v) is 9.27. The second-order valence-electron chi connectivity index (χ2n) is 17.5. The summed E-state index contributed by atoms with van der Waals surface area (Å²) in [7, 11) is 0. The second kappa shape index (κ2) is 17.2. The van der Waals surface area contributed by atoms with Crippen LogP contribution in [0.3, 0.4) is 0 Å². The Labute approximate surface area is 415 Å². The van der Waals surface area contributed by atoms with E-state index in [4.69, 9.17) is 9.40 Å². The molecule has 12 aromatic rings. The number of pyridine rings is 4. The second-order valence-corrected chi connectivity index (χ2v) is 17.5. The molecule has 0 aliphatic heterocycles. The van der Waals surface area contributed by atoms with E-state index in [1.165, 1.54) is 30.3 Å². The first-order valence-electron chi connectivity index (χ1n) is 25.9. The van der Waals surface area contributed by atoms with E-state index < -0.39 is 25.5 Å². The Morgan fingerprint density at radius 1 is 0.522 bits per heavy atom. The van der Waals surface area contributed by atoms with Crippen LogP contribution in [0.4, 0.5) is 0 Å². The fourth-order valence-electron chi connectivity index (χ4n) is 9.27. The van der Waals surface area contributed by atoms with Gasteiger partial charge in [0, 0.05) is 46.0 Å². The molecule has 324 valence electrons. The molecular weight excluding hydrogens is 997 g/mol. The largest absolute Gasteiger partial charge is 3.00 e. The smallest absolute Gasteiger partial charge is 0.454 e. The van der Waals surface area contributed by atoms with Crippen LogP contribution in [0.5, 0.6) is 0 Å². The number of nitrogens with zero attached hydrogens (tertiary/aromatic N) is 4. The van der Waals surface area contributed by atoms with Crippen molar-refractivity contribution in [2.75, 3.05) is 0 Å². The van der Waals surface area contributed by atoms with Crippen LogP contribution in [-0.4, -0.2) is 19.4 Å². The molecule has 0 radical (unpaired) electrons. The molecule has 6 heteroatoms. The Morgan fingerprint density at radius 3 is 1.73 bits per heavy atom. The maximum atomic E-state index is 9.71. The molecule has 0 atom stereocenters. The predicted molar refractivity (Wildman–Crippen MR) is 269 cm³/mol. The third kappa shape index (κ3) is 7.70. The van der Waals surface area contributed by atoms with Crippen LogP contribution in [0.1, 0.15) is 59.6 Å². The van der Waals surface area contributed by atoms with Crippen LogP contribution < -0.4 is 0 Å². The van der Waals surface area contributed by atoms with Gasteiger partial charge in [-0.1, -0.05) is 129 Å². The number of aromatic nitrogens is 4. The molecule has 6 aromatic carbocycles. The Morgan fingerprint density at radius 2 is 1.13 bits per heavy atom. The van der Waals surface area contributed by atoms with E-state index in [0.717, 1.165) is 54.9 Å².